The second-order valence-corrected chi connectivity index (χ2v) is 8.26. The van der Waals surface area contributed by atoms with Gasteiger partial charge in [0.2, 0.25) is 0 Å². The predicted molar refractivity (Wildman–Crippen MR) is 126 cm³/mol. The standard InChI is InChI=1S/C29H25N/c1-3-30(4-2)27-19-11-18-26-28(27)22-14-7-10-17-25(22)29(26)23-15-8-5-12-20(23)21-13-6-9-16-24(21)29/h5-19H,3-4H2,1-2H3. The van der Waals surface area contributed by atoms with E-state index in [9.17, 15) is 0 Å². The summed E-state index contributed by atoms with van der Waals surface area (Å²) in [5.74, 6) is 0. The highest BCUT2D eigenvalue weighted by Gasteiger charge is 2.52. The van der Waals surface area contributed by atoms with E-state index in [0.717, 1.165) is 13.1 Å². The lowest BCUT2D eigenvalue weighted by molar-refractivity contribution is 0.792. The first-order chi connectivity index (χ1) is 14.8. The van der Waals surface area contributed by atoms with Crippen LogP contribution in [-0.4, -0.2) is 13.1 Å². The summed E-state index contributed by atoms with van der Waals surface area (Å²) in [4.78, 5) is 2.49. The number of rotatable bonds is 3. The molecule has 0 saturated carbocycles. The van der Waals surface area contributed by atoms with Crippen LogP contribution in [0.15, 0.2) is 91.0 Å². The maximum absolute atomic E-state index is 2.49. The Hall–Kier alpha value is -3.32. The van der Waals surface area contributed by atoms with Crippen LogP contribution in [-0.2, 0) is 5.41 Å². The van der Waals surface area contributed by atoms with Crippen LogP contribution >= 0.6 is 0 Å². The van der Waals surface area contributed by atoms with Crippen LogP contribution in [0.3, 0.4) is 0 Å². The lowest BCUT2D eigenvalue weighted by Gasteiger charge is -2.31. The molecule has 30 heavy (non-hydrogen) atoms. The van der Waals surface area contributed by atoms with Gasteiger partial charge in [-0.05, 0) is 58.9 Å². The predicted octanol–water partition coefficient (Wildman–Crippen LogP) is 6.88. The zero-order valence-electron chi connectivity index (χ0n) is 17.5. The van der Waals surface area contributed by atoms with Gasteiger partial charge < -0.3 is 4.90 Å². The Morgan fingerprint density at radius 1 is 0.533 bits per heavy atom. The fraction of sp³-hybridized carbons (Fsp3) is 0.172. The molecule has 0 fully saturated rings. The Kier molecular flexibility index (Phi) is 3.70. The van der Waals surface area contributed by atoms with Crippen molar-refractivity contribution >= 4 is 5.69 Å². The van der Waals surface area contributed by atoms with Gasteiger partial charge in [-0.3, -0.25) is 0 Å². The number of anilines is 1. The van der Waals surface area contributed by atoms with Crippen molar-refractivity contribution in [1.82, 2.24) is 0 Å². The van der Waals surface area contributed by atoms with E-state index in [2.05, 4.69) is 110 Å². The van der Waals surface area contributed by atoms with Gasteiger partial charge in [0, 0.05) is 24.3 Å². The number of hydrogen-bond acceptors (Lipinski definition) is 1. The van der Waals surface area contributed by atoms with Gasteiger partial charge in [0.05, 0.1) is 5.41 Å². The van der Waals surface area contributed by atoms with Gasteiger partial charge in [0.25, 0.3) is 0 Å². The molecule has 0 aromatic heterocycles. The minimum Gasteiger partial charge on any atom is -0.372 e. The number of benzene rings is 4. The zero-order chi connectivity index (χ0) is 20.3. The minimum atomic E-state index is -0.234. The van der Waals surface area contributed by atoms with Crippen LogP contribution in [0.4, 0.5) is 5.69 Å². The Labute approximate surface area is 178 Å². The van der Waals surface area contributed by atoms with Crippen LogP contribution < -0.4 is 4.90 Å². The molecular weight excluding hydrogens is 362 g/mol. The maximum atomic E-state index is 2.49. The molecule has 0 radical (unpaired) electrons. The molecule has 0 amide bonds. The molecule has 146 valence electrons. The lowest BCUT2D eigenvalue weighted by Crippen LogP contribution is -2.26. The van der Waals surface area contributed by atoms with E-state index in [0.29, 0.717) is 0 Å². The highest BCUT2D eigenvalue weighted by atomic mass is 15.1. The third-order valence-corrected chi connectivity index (χ3v) is 7.10. The molecule has 0 bridgehead atoms. The van der Waals surface area contributed by atoms with Gasteiger partial charge in [0.1, 0.15) is 0 Å². The number of nitrogens with zero attached hydrogens (tertiary/aromatic N) is 1. The molecule has 1 spiro atoms. The first-order valence-electron chi connectivity index (χ1n) is 11.0. The molecule has 4 aromatic rings. The summed E-state index contributed by atoms with van der Waals surface area (Å²) in [5.41, 5.74) is 12.3. The van der Waals surface area contributed by atoms with Gasteiger partial charge in [-0.1, -0.05) is 84.9 Å². The van der Waals surface area contributed by atoms with Crippen molar-refractivity contribution in [3.05, 3.63) is 113 Å². The van der Waals surface area contributed by atoms with E-state index in [1.807, 2.05) is 0 Å². The molecule has 1 heteroatoms. The van der Waals surface area contributed by atoms with Gasteiger partial charge in [-0.15, -0.1) is 0 Å². The van der Waals surface area contributed by atoms with Crippen LogP contribution in [0.2, 0.25) is 0 Å². The molecule has 0 unspecified atom stereocenters. The molecule has 0 saturated heterocycles. The van der Waals surface area contributed by atoms with E-state index in [4.69, 9.17) is 0 Å². The van der Waals surface area contributed by atoms with E-state index in [-0.39, 0.29) is 5.41 Å². The Morgan fingerprint density at radius 2 is 1.00 bits per heavy atom. The molecule has 1 nitrogen and oxygen atoms in total. The van der Waals surface area contributed by atoms with Crippen LogP contribution in [0.1, 0.15) is 36.1 Å². The minimum absolute atomic E-state index is 0.234. The third-order valence-electron chi connectivity index (χ3n) is 7.10. The summed E-state index contributed by atoms with van der Waals surface area (Å²) in [5, 5.41) is 0. The van der Waals surface area contributed by atoms with Crippen LogP contribution in [0, 0.1) is 0 Å². The van der Waals surface area contributed by atoms with Crippen LogP contribution in [0.5, 0.6) is 0 Å². The molecule has 0 N–H and O–H groups in total. The SMILES string of the molecule is CCN(CC)c1cccc2c1-c1ccccc1C21c2ccccc2-c2ccccc21. The van der Waals surface area contributed by atoms with Gasteiger partial charge in [0.15, 0.2) is 0 Å². The molecule has 2 aliphatic carbocycles. The van der Waals surface area contributed by atoms with Gasteiger partial charge in [-0.2, -0.15) is 0 Å². The average molecular weight is 388 g/mol. The maximum Gasteiger partial charge on any atom is 0.0726 e. The van der Waals surface area contributed by atoms with Gasteiger partial charge >= 0.3 is 0 Å². The van der Waals surface area contributed by atoms with Crippen molar-refractivity contribution in [3.8, 4) is 22.3 Å². The quantitative estimate of drug-likeness (QED) is 0.320. The lowest BCUT2D eigenvalue weighted by atomic mass is 9.70. The van der Waals surface area contributed by atoms with E-state index >= 15 is 0 Å². The smallest absolute Gasteiger partial charge is 0.0726 e. The highest BCUT2D eigenvalue weighted by Crippen LogP contribution is 2.63. The molecular formula is C29H25N. The van der Waals surface area contributed by atoms with Crippen molar-refractivity contribution in [1.29, 1.82) is 0 Å². The molecule has 0 aliphatic heterocycles. The summed E-state index contributed by atoms with van der Waals surface area (Å²) in [6.07, 6.45) is 0. The fourth-order valence-electron chi connectivity index (χ4n) is 5.95. The Balaban J connectivity index is 1.81. The highest BCUT2D eigenvalue weighted by molar-refractivity contribution is 5.98. The second kappa shape index (κ2) is 6.34. The molecule has 6 rings (SSSR count). The summed E-state index contributed by atoms with van der Waals surface area (Å²) < 4.78 is 0. The second-order valence-electron chi connectivity index (χ2n) is 8.26. The van der Waals surface area contributed by atoms with E-state index in [1.165, 1.54) is 50.2 Å². The van der Waals surface area contributed by atoms with Crippen LogP contribution in [0.25, 0.3) is 22.3 Å². The topological polar surface area (TPSA) is 3.24 Å². The number of hydrogen-bond donors (Lipinski definition) is 0. The molecule has 4 aromatic carbocycles. The molecule has 0 atom stereocenters. The summed E-state index contributed by atoms with van der Waals surface area (Å²) in [6, 6.07) is 34.0. The first kappa shape index (κ1) is 17.5. The molecule has 2 aliphatic rings. The normalized spacial score (nSPS) is 14.2. The van der Waals surface area contributed by atoms with Crippen molar-refractivity contribution in [2.45, 2.75) is 19.3 Å². The van der Waals surface area contributed by atoms with E-state index < -0.39 is 0 Å². The Morgan fingerprint density at radius 3 is 1.57 bits per heavy atom. The first-order valence-corrected chi connectivity index (χ1v) is 11.0. The summed E-state index contributed by atoms with van der Waals surface area (Å²) in [7, 11) is 0. The largest absolute Gasteiger partial charge is 0.372 e. The van der Waals surface area contributed by atoms with Gasteiger partial charge in [-0.25, -0.2) is 0 Å². The average Bonchev–Trinajstić information content (AvgIpc) is 3.28. The number of fused-ring (bicyclic) bond motifs is 10. The Bertz CT molecular complexity index is 1230. The van der Waals surface area contributed by atoms with Crippen molar-refractivity contribution in [2.75, 3.05) is 18.0 Å². The van der Waals surface area contributed by atoms with Crippen molar-refractivity contribution < 1.29 is 0 Å². The zero-order valence-corrected chi connectivity index (χ0v) is 17.5. The summed E-state index contributed by atoms with van der Waals surface area (Å²) >= 11 is 0. The third kappa shape index (κ3) is 1.98. The van der Waals surface area contributed by atoms with Crippen molar-refractivity contribution in [3.63, 3.8) is 0 Å². The molecule has 0 heterocycles. The van der Waals surface area contributed by atoms with Crippen molar-refractivity contribution in [2.24, 2.45) is 0 Å². The van der Waals surface area contributed by atoms with E-state index in [1.54, 1.807) is 0 Å². The monoisotopic (exact) mass is 387 g/mol. The summed E-state index contributed by atoms with van der Waals surface area (Å²) in [6.45, 7) is 6.52. The fourth-order valence-corrected chi connectivity index (χ4v) is 5.95.